The summed E-state index contributed by atoms with van der Waals surface area (Å²) in [7, 11) is -7.32. The van der Waals surface area contributed by atoms with E-state index in [1.807, 2.05) is 0 Å². The van der Waals surface area contributed by atoms with E-state index in [-0.39, 0.29) is 22.8 Å². The third-order valence-corrected chi connectivity index (χ3v) is 9.73. The third kappa shape index (κ3) is 5.22. The Morgan fingerprint density at radius 2 is 1.83 bits per heavy atom. The van der Waals surface area contributed by atoms with E-state index in [2.05, 4.69) is 5.32 Å². The van der Waals surface area contributed by atoms with Gasteiger partial charge in [0.05, 0.1) is 28.3 Å². The number of nitrogens with one attached hydrogen (secondary N) is 1. The highest BCUT2D eigenvalue weighted by molar-refractivity contribution is 7.96. The first-order chi connectivity index (χ1) is 13.6. The summed E-state index contributed by atoms with van der Waals surface area (Å²) < 4.78 is 55.6. The molecule has 11 heteroatoms. The molecule has 2 atom stereocenters. The molecule has 0 radical (unpaired) electrons. The average Bonchev–Trinajstić information content (AvgIpc) is 2.98. The number of hydrogen-bond donors (Lipinski definition) is 1. The first-order valence-corrected chi connectivity index (χ1v) is 13.2. The van der Waals surface area contributed by atoms with Crippen LogP contribution in [-0.4, -0.2) is 76.4 Å². The van der Waals surface area contributed by atoms with Gasteiger partial charge in [0, 0.05) is 30.2 Å². The summed E-state index contributed by atoms with van der Waals surface area (Å²) in [4.78, 5) is 13.5. The van der Waals surface area contributed by atoms with Crippen molar-refractivity contribution in [3.05, 3.63) is 29.3 Å². The van der Waals surface area contributed by atoms with Crippen molar-refractivity contribution in [3.8, 4) is 0 Å². The fourth-order valence-electron chi connectivity index (χ4n) is 3.82. The standard InChI is InChI=1S/C18H25ClN2O6S2/c1-2-27-18(22)21-9-7-14(8-10-21)20-16-11-28(23,24)12-17(16)29(25,26)15-5-3-13(19)4-6-15/h3-6,14,16-17,20H,2,7-12H2,1H3/t16-,17-/m1/s1. The Hall–Kier alpha value is -1.36. The molecule has 8 nitrogen and oxygen atoms in total. The van der Waals surface area contributed by atoms with E-state index in [4.69, 9.17) is 16.3 Å². The minimum absolute atomic E-state index is 0.0629. The third-order valence-electron chi connectivity index (χ3n) is 5.31. The van der Waals surface area contributed by atoms with Gasteiger partial charge in [0.1, 0.15) is 0 Å². The number of ether oxygens (including phenoxy) is 1. The molecule has 1 aromatic rings. The molecule has 2 saturated heterocycles. The van der Waals surface area contributed by atoms with Crippen LogP contribution in [-0.2, 0) is 24.4 Å². The van der Waals surface area contributed by atoms with Crippen LogP contribution in [0.25, 0.3) is 0 Å². The van der Waals surface area contributed by atoms with E-state index >= 15 is 0 Å². The summed E-state index contributed by atoms with van der Waals surface area (Å²) in [6.45, 7) is 3.00. The van der Waals surface area contributed by atoms with Crippen molar-refractivity contribution in [2.24, 2.45) is 0 Å². The first kappa shape index (κ1) is 22.3. The Morgan fingerprint density at radius 3 is 2.41 bits per heavy atom. The van der Waals surface area contributed by atoms with E-state index in [0.717, 1.165) is 0 Å². The van der Waals surface area contributed by atoms with Gasteiger partial charge in [-0.05, 0) is 44.0 Å². The lowest BCUT2D eigenvalue weighted by Crippen LogP contribution is -2.52. The summed E-state index contributed by atoms with van der Waals surface area (Å²) >= 11 is 5.84. The summed E-state index contributed by atoms with van der Waals surface area (Å²) in [5, 5.41) is 2.59. The molecule has 1 N–H and O–H groups in total. The number of piperidine rings is 1. The van der Waals surface area contributed by atoms with Gasteiger partial charge in [-0.2, -0.15) is 0 Å². The maximum Gasteiger partial charge on any atom is 0.409 e. The van der Waals surface area contributed by atoms with Gasteiger partial charge < -0.3 is 15.0 Å². The van der Waals surface area contributed by atoms with Crippen molar-refractivity contribution in [3.63, 3.8) is 0 Å². The molecule has 162 valence electrons. The number of hydrogen-bond acceptors (Lipinski definition) is 7. The molecule has 0 spiro atoms. The van der Waals surface area contributed by atoms with Crippen LogP contribution in [0, 0.1) is 0 Å². The molecule has 0 aliphatic carbocycles. The van der Waals surface area contributed by atoms with Gasteiger partial charge in [-0.3, -0.25) is 0 Å². The number of halogens is 1. The molecule has 0 unspecified atom stereocenters. The van der Waals surface area contributed by atoms with Crippen molar-refractivity contribution in [1.29, 1.82) is 0 Å². The average molecular weight is 465 g/mol. The number of carbonyl (C=O) groups excluding carboxylic acids is 1. The molecule has 29 heavy (non-hydrogen) atoms. The van der Waals surface area contributed by atoms with Crippen molar-refractivity contribution in [2.75, 3.05) is 31.2 Å². The molecule has 2 aliphatic heterocycles. The van der Waals surface area contributed by atoms with Gasteiger partial charge in [0.2, 0.25) is 0 Å². The van der Waals surface area contributed by atoms with Gasteiger partial charge in [-0.25, -0.2) is 21.6 Å². The smallest absolute Gasteiger partial charge is 0.409 e. The zero-order chi connectivity index (χ0) is 21.2. The highest BCUT2D eigenvalue weighted by Gasteiger charge is 2.46. The molecule has 0 saturated carbocycles. The number of nitrogens with zero attached hydrogens (tertiary/aromatic N) is 1. The fraction of sp³-hybridized carbons (Fsp3) is 0.611. The Labute approximate surface area is 176 Å². The maximum absolute atomic E-state index is 13.1. The number of sulfone groups is 2. The van der Waals surface area contributed by atoms with Crippen molar-refractivity contribution < 1.29 is 26.4 Å². The lowest BCUT2D eigenvalue weighted by molar-refractivity contribution is 0.0945. The number of rotatable bonds is 5. The zero-order valence-corrected chi connectivity index (χ0v) is 18.5. The highest BCUT2D eigenvalue weighted by atomic mass is 35.5. The van der Waals surface area contributed by atoms with Crippen molar-refractivity contribution in [1.82, 2.24) is 10.2 Å². The Kier molecular flexibility index (Phi) is 6.77. The van der Waals surface area contributed by atoms with Crippen LogP contribution in [0.4, 0.5) is 4.79 Å². The molecule has 2 heterocycles. The summed E-state index contributed by atoms with van der Waals surface area (Å²) in [6.07, 6.45) is 0.837. The zero-order valence-electron chi connectivity index (χ0n) is 16.1. The summed E-state index contributed by atoms with van der Waals surface area (Å²) in [6, 6.07) is 4.99. The van der Waals surface area contributed by atoms with Gasteiger partial charge in [0.25, 0.3) is 0 Å². The lowest BCUT2D eigenvalue weighted by Gasteiger charge is -2.34. The Morgan fingerprint density at radius 1 is 1.21 bits per heavy atom. The monoisotopic (exact) mass is 464 g/mol. The van der Waals surface area contributed by atoms with Crippen LogP contribution in [0.5, 0.6) is 0 Å². The van der Waals surface area contributed by atoms with Crippen LogP contribution < -0.4 is 5.32 Å². The second-order valence-corrected chi connectivity index (χ2v) is 12.1. The van der Waals surface area contributed by atoms with E-state index in [1.54, 1.807) is 11.8 Å². The van der Waals surface area contributed by atoms with E-state index < -0.39 is 36.7 Å². The van der Waals surface area contributed by atoms with E-state index in [0.29, 0.717) is 37.6 Å². The van der Waals surface area contributed by atoms with Crippen molar-refractivity contribution >= 4 is 37.4 Å². The predicted octanol–water partition coefficient (Wildman–Crippen LogP) is 1.49. The number of likely N-dealkylation sites (tertiary alicyclic amines) is 1. The molecule has 1 aromatic carbocycles. The highest BCUT2D eigenvalue weighted by Crippen LogP contribution is 2.28. The molecule has 0 bridgehead atoms. The van der Waals surface area contributed by atoms with Crippen molar-refractivity contribution in [2.45, 2.75) is 42.0 Å². The summed E-state index contributed by atoms with van der Waals surface area (Å²) in [5.74, 6) is -0.625. The molecular weight excluding hydrogens is 440 g/mol. The van der Waals surface area contributed by atoms with E-state index in [9.17, 15) is 21.6 Å². The number of carbonyl (C=O) groups is 1. The SMILES string of the molecule is CCOC(=O)N1CCC(N[C@@H]2CS(=O)(=O)C[C@H]2S(=O)(=O)c2ccc(Cl)cc2)CC1. The maximum atomic E-state index is 13.1. The van der Waals surface area contributed by atoms with Crippen LogP contribution >= 0.6 is 11.6 Å². The van der Waals surface area contributed by atoms with Crippen LogP contribution in [0.15, 0.2) is 29.2 Å². The molecule has 0 aromatic heterocycles. The number of amides is 1. The number of benzene rings is 1. The molecule has 3 rings (SSSR count). The quantitative estimate of drug-likeness (QED) is 0.702. The van der Waals surface area contributed by atoms with Gasteiger partial charge in [0.15, 0.2) is 19.7 Å². The minimum Gasteiger partial charge on any atom is -0.450 e. The van der Waals surface area contributed by atoms with E-state index in [1.165, 1.54) is 24.3 Å². The topological polar surface area (TPSA) is 110 Å². The molecule has 2 aliphatic rings. The second-order valence-electron chi connectivity index (χ2n) is 7.35. The summed E-state index contributed by atoms with van der Waals surface area (Å²) in [5.41, 5.74) is 0. The van der Waals surface area contributed by atoms with Gasteiger partial charge >= 0.3 is 6.09 Å². The largest absolute Gasteiger partial charge is 0.450 e. The van der Waals surface area contributed by atoms with Crippen LogP contribution in [0.3, 0.4) is 0 Å². The van der Waals surface area contributed by atoms with Gasteiger partial charge in [-0.15, -0.1) is 0 Å². The fourth-order valence-corrected chi connectivity index (χ4v) is 8.63. The molecular formula is C18H25ClN2O6S2. The minimum atomic E-state index is -3.84. The normalized spacial score (nSPS) is 25.1. The first-order valence-electron chi connectivity index (χ1n) is 9.50. The van der Waals surface area contributed by atoms with Crippen LogP contribution in [0.2, 0.25) is 5.02 Å². The Bertz CT molecular complexity index is 941. The predicted molar refractivity (Wildman–Crippen MR) is 110 cm³/mol. The Balaban J connectivity index is 1.71. The molecule has 2 fully saturated rings. The lowest BCUT2D eigenvalue weighted by atomic mass is 10.0. The van der Waals surface area contributed by atoms with Crippen LogP contribution in [0.1, 0.15) is 19.8 Å². The second kappa shape index (κ2) is 8.79. The van der Waals surface area contributed by atoms with Gasteiger partial charge in [-0.1, -0.05) is 11.6 Å². The molecule has 1 amide bonds.